The molecule has 0 heterocycles. The molecule has 1 aliphatic carbocycles. The van der Waals surface area contributed by atoms with Crippen molar-refractivity contribution in [2.75, 3.05) is 0 Å². The van der Waals surface area contributed by atoms with Gasteiger partial charge in [0.05, 0.1) is 4.92 Å². The van der Waals surface area contributed by atoms with Crippen LogP contribution in [0.15, 0.2) is 11.0 Å². The topological polar surface area (TPSA) is 118 Å². The number of phenolic OH excluding ortho intramolecular Hbond substituents is 1. The van der Waals surface area contributed by atoms with Crippen molar-refractivity contribution >= 4 is 15.8 Å². The lowest BCUT2D eigenvalue weighted by molar-refractivity contribution is -0.386. The van der Waals surface area contributed by atoms with E-state index < -0.39 is 31.4 Å². The van der Waals surface area contributed by atoms with Crippen molar-refractivity contribution in [2.24, 2.45) is 0 Å². The quantitative estimate of drug-likeness (QED) is 0.478. The third-order valence-corrected chi connectivity index (χ3v) is 3.96. The number of phenols is 1. The van der Waals surface area contributed by atoms with Crippen LogP contribution in [0.25, 0.3) is 0 Å². The van der Waals surface area contributed by atoms with Gasteiger partial charge in [-0.3, -0.25) is 14.7 Å². The summed E-state index contributed by atoms with van der Waals surface area (Å²) in [5, 5.41) is 20.5. The van der Waals surface area contributed by atoms with Crippen molar-refractivity contribution < 1.29 is 23.0 Å². The van der Waals surface area contributed by atoms with Crippen LogP contribution in [0, 0.1) is 10.1 Å². The predicted octanol–water partition coefficient (Wildman–Crippen LogP) is 1.43. The molecule has 18 heavy (non-hydrogen) atoms. The lowest BCUT2D eigenvalue weighted by atomic mass is 9.90. The normalized spacial score (nSPS) is 15.2. The van der Waals surface area contributed by atoms with Crippen molar-refractivity contribution in [1.29, 1.82) is 0 Å². The average molecular weight is 273 g/mol. The number of hydrogen-bond donors (Lipinski definition) is 2. The second-order valence-corrected chi connectivity index (χ2v) is 5.53. The SMILES string of the molecule is O=[N+]([O-])c1cc(S(=O)(=O)O)c2c(c1O)CCCC2. The Kier molecular flexibility index (Phi) is 2.99. The maximum Gasteiger partial charge on any atom is 0.312 e. The van der Waals surface area contributed by atoms with Crippen molar-refractivity contribution in [3.8, 4) is 5.75 Å². The number of benzene rings is 1. The highest BCUT2D eigenvalue weighted by atomic mass is 32.2. The monoisotopic (exact) mass is 273 g/mol. The minimum Gasteiger partial charge on any atom is -0.502 e. The van der Waals surface area contributed by atoms with Crippen molar-refractivity contribution in [1.82, 2.24) is 0 Å². The van der Waals surface area contributed by atoms with Crippen LogP contribution in [-0.2, 0) is 23.0 Å². The first-order chi connectivity index (χ1) is 8.32. The Bertz CT molecular complexity index is 622. The van der Waals surface area contributed by atoms with Crippen molar-refractivity contribution in [3.05, 3.63) is 27.3 Å². The van der Waals surface area contributed by atoms with Crippen LogP contribution in [0.5, 0.6) is 5.75 Å². The molecule has 0 atom stereocenters. The first kappa shape index (κ1) is 12.8. The summed E-state index contributed by atoms with van der Waals surface area (Å²) in [5.74, 6) is -0.498. The van der Waals surface area contributed by atoms with Gasteiger partial charge in [-0.05, 0) is 31.2 Å². The fourth-order valence-electron chi connectivity index (χ4n) is 2.24. The Morgan fingerprint density at radius 3 is 2.28 bits per heavy atom. The summed E-state index contributed by atoms with van der Waals surface area (Å²) in [6.07, 6.45) is 2.17. The molecular weight excluding hydrogens is 262 g/mol. The van der Waals surface area contributed by atoms with Crippen LogP contribution in [-0.4, -0.2) is 23.0 Å². The van der Waals surface area contributed by atoms with Gasteiger partial charge in [0, 0.05) is 11.6 Å². The van der Waals surface area contributed by atoms with E-state index in [1.165, 1.54) is 0 Å². The standard InChI is InChI=1S/C10H11NO6S/c12-10-7-4-2-1-3-6(7)9(18(15,16)17)5-8(10)11(13)14/h5,12H,1-4H2,(H,15,16,17). The number of rotatable bonds is 2. The van der Waals surface area contributed by atoms with Crippen LogP contribution in [0.1, 0.15) is 24.0 Å². The number of nitro benzene ring substituents is 1. The summed E-state index contributed by atoms with van der Waals surface area (Å²) in [5.41, 5.74) is -0.154. The molecule has 0 spiro atoms. The highest BCUT2D eigenvalue weighted by Gasteiger charge is 2.30. The molecule has 2 N–H and O–H groups in total. The van der Waals surface area contributed by atoms with Crippen LogP contribution in [0.4, 0.5) is 5.69 Å². The van der Waals surface area contributed by atoms with E-state index in [1.807, 2.05) is 0 Å². The van der Waals surface area contributed by atoms with E-state index in [2.05, 4.69) is 0 Å². The Morgan fingerprint density at radius 2 is 1.78 bits per heavy atom. The molecular formula is C10H11NO6S. The molecule has 0 radical (unpaired) electrons. The second-order valence-electron chi connectivity index (χ2n) is 4.14. The molecule has 0 aliphatic heterocycles. The summed E-state index contributed by atoms with van der Waals surface area (Å²) in [7, 11) is -4.53. The van der Waals surface area contributed by atoms with Gasteiger partial charge >= 0.3 is 5.69 Å². The first-order valence-corrected chi connectivity index (χ1v) is 6.76. The zero-order valence-electron chi connectivity index (χ0n) is 9.29. The largest absolute Gasteiger partial charge is 0.502 e. The van der Waals surface area contributed by atoms with E-state index >= 15 is 0 Å². The molecule has 0 amide bonds. The fraction of sp³-hybridized carbons (Fsp3) is 0.400. The molecule has 1 aliphatic rings. The lowest BCUT2D eigenvalue weighted by Gasteiger charge is -2.19. The third-order valence-electron chi connectivity index (χ3n) is 3.04. The molecule has 98 valence electrons. The van der Waals surface area contributed by atoms with Gasteiger partial charge in [-0.25, -0.2) is 0 Å². The molecule has 0 unspecified atom stereocenters. The first-order valence-electron chi connectivity index (χ1n) is 5.32. The van der Waals surface area contributed by atoms with E-state index in [0.717, 1.165) is 6.07 Å². The zero-order chi connectivity index (χ0) is 13.5. The minimum atomic E-state index is -4.53. The summed E-state index contributed by atoms with van der Waals surface area (Å²) >= 11 is 0. The Morgan fingerprint density at radius 1 is 1.22 bits per heavy atom. The van der Waals surface area contributed by atoms with Gasteiger partial charge < -0.3 is 5.11 Å². The van der Waals surface area contributed by atoms with Gasteiger partial charge in [-0.15, -0.1) is 0 Å². The predicted molar refractivity (Wildman–Crippen MR) is 61.2 cm³/mol. The minimum absolute atomic E-state index is 0.253. The number of fused-ring (bicyclic) bond motifs is 1. The van der Waals surface area contributed by atoms with Gasteiger partial charge in [0.15, 0.2) is 5.75 Å². The van der Waals surface area contributed by atoms with E-state index in [-0.39, 0.29) is 11.1 Å². The zero-order valence-corrected chi connectivity index (χ0v) is 10.1. The molecule has 8 heteroatoms. The number of nitrogens with zero attached hydrogens (tertiary/aromatic N) is 1. The molecule has 7 nitrogen and oxygen atoms in total. The average Bonchev–Trinajstić information content (AvgIpc) is 2.27. The molecule has 1 aromatic carbocycles. The highest BCUT2D eigenvalue weighted by Crippen LogP contribution is 2.40. The van der Waals surface area contributed by atoms with Gasteiger partial charge in [0.1, 0.15) is 4.90 Å². The van der Waals surface area contributed by atoms with Gasteiger partial charge in [0.2, 0.25) is 0 Å². The van der Waals surface area contributed by atoms with E-state index in [0.29, 0.717) is 25.7 Å². The molecule has 1 aromatic rings. The summed E-state index contributed by atoms with van der Waals surface area (Å²) in [4.78, 5) is 9.42. The highest BCUT2D eigenvalue weighted by molar-refractivity contribution is 7.85. The van der Waals surface area contributed by atoms with E-state index in [4.69, 9.17) is 4.55 Å². The number of nitro groups is 1. The van der Waals surface area contributed by atoms with Crippen LogP contribution in [0.2, 0.25) is 0 Å². The molecule has 0 bridgehead atoms. The third kappa shape index (κ3) is 2.04. The van der Waals surface area contributed by atoms with Crippen LogP contribution in [0.3, 0.4) is 0 Å². The summed E-state index contributed by atoms with van der Waals surface area (Å²) in [6, 6.07) is 0.717. The Labute approximate surface area is 103 Å². The van der Waals surface area contributed by atoms with E-state index in [9.17, 15) is 23.6 Å². The molecule has 0 saturated heterocycles. The van der Waals surface area contributed by atoms with Gasteiger partial charge in [-0.1, -0.05) is 0 Å². The number of hydrogen-bond acceptors (Lipinski definition) is 5. The number of aromatic hydroxyl groups is 1. The summed E-state index contributed by atoms with van der Waals surface area (Å²) < 4.78 is 31.6. The maximum atomic E-state index is 11.2. The van der Waals surface area contributed by atoms with Gasteiger partial charge in [-0.2, -0.15) is 8.42 Å². The van der Waals surface area contributed by atoms with Crippen LogP contribution >= 0.6 is 0 Å². The Hall–Kier alpha value is -1.67. The lowest BCUT2D eigenvalue weighted by Crippen LogP contribution is -2.12. The maximum absolute atomic E-state index is 11.2. The molecule has 0 saturated carbocycles. The summed E-state index contributed by atoms with van der Waals surface area (Å²) in [6.45, 7) is 0. The second kappa shape index (κ2) is 4.21. The smallest absolute Gasteiger partial charge is 0.312 e. The van der Waals surface area contributed by atoms with Gasteiger partial charge in [0.25, 0.3) is 10.1 Å². The van der Waals surface area contributed by atoms with E-state index in [1.54, 1.807) is 0 Å². The van der Waals surface area contributed by atoms with Crippen molar-refractivity contribution in [3.63, 3.8) is 0 Å². The molecule has 2 rings (SSSR count). The molecule has 0 aromatic heterocycles. The van der Waals surface area contributed by atoms with Crippen molar-refractivity contribution in [2.45, 2.75) is 30.6 Å². The molecule has 0 fully saturated rings. The van der Waals surface area contributed by atoms with Crippen LogP contribution < -0.4 is 0 Å². The fourth-order valence-corrected chi connectivity index (χ4v) is 3.04. The Balaban J connectivity index is 2.82.